The van der Waals surface area contributed by atoms with Gasteiger partial charge in [-0.3, -0.25) is 14.4 Å². The largest absolute Gasteiger partial charge is 0.395 e. The first-order valence-electron chi connectivity index (χ1n) is 11.9. The number of ether oxygens (including phenoxy) is 1. The number of amides is 3. The summed E-state index contributed by atoms with van der Waals surface area (Å²) in [4.78, 5) is 42.3. The number of anilines is 2. The summed E-state index contributed by atoms with van der Waals surface area (Å²) in [6.07, 6.45) is 1.59. The van der Waals surface area contributed by atoms with Crippen molar-refractivity contribution in [2.45, 2.75) is 43.4 Å². The molecule has 8 nitrogen and oxygen atoms in total. The van der Waals surface area contributed by atoms with Gasteiger partial charge in [-0.25, -0.2) is 0 Å². The lowest BCUT2D eigenvalue weighted by molar-refractivity contribution is -0.144. The van der Waals surface area contributed by atoms with E-state index in [1.807, 2.05) is 25.1 Å². The molecule has 0 radical (unpaired) electrons. The highest BCUT2D eigenvalue weighted by Gasteiger charge is 2.78. The first-order chi connectivity index (χ1) is 16.8. The zero-order valence-corrected chi connectivity index (χ0v) is 20.1. The van der Waals surface area contributed by atoms with Gasteiger partial charge in [0.05, 0.1) is 24.0 Å². The molecule has 3 saturated heterocycles. The molecule has 35 heavy (non-hydrogen) atoms. The summed E-state index contributed by atoms with van der Waals surface area (Å²) in [5.74, 6) is -2.59. The maximum Gasteiger partial charge on any atom is 0.250 e. The second-order valence-electron chi connectivity index (χ2n) is 9.44. The highest BCUT2D eigenvalue weighted by molar-refractivity contribution is 6.30. The Balaban J connectivity index is 1.51. The summed E-state index contributed by atoms with van der Waals surface area (Å²) in [5, 5.41) is 16.1. The summed E-state index contributed by atoms with van der Waals surface area (Å²) < 4.78 is 6.64. The first kappa shape index (κ1) is 23.8. The number of benzene rings is 2. The van der Waals surface area contributed by atoms with Crippen LogP contribution in [-0.2, 0) is 19.1 Å². The lowest BCUT2D eigenvalue weighted by atomic mass is 9.65. The molecule has 5 atom stereocenters. The molecule has 3 heterocycles. The van der Waals surface area contributed by atoms with Gasteiger partial charge in [-0.05, 0) is 55.7 Å². The minimum atomic E-state index is -1.14. The Morgan fingerprint density at radius 3 is 2.37 bits per heavy atom. The molecule has 3 N–H and O–H groups in total. The molecule has 3 amide bonds. The number of carbonyl (C=O) groups is 3. The summed E-state index contributed by atoms with van der Waals surface area (Å²) in [7, 11) is 0. The van der Waals surface area contributed by atoms with E-state index in [0.29, 0.717) is 35.7 Å². The maximum atomic E-state index is 13.8. The molecule has 3 aliphatic heterocycles. The van der Waals surface area contributed by atoms with E-state index in [1.165, 1.54) is 4.90 Å². The van der Waals surface area contributed by atoms with E-state index < -0.39 is 35.0 Å². The minimum Gasteiger partial charge on any atom is -0.395 e. The van der Waals surface area contributed by atoms with Gasteiger partial charge in [0.1, 0.15) is 11.6 Å². The van der Waals surface area contributed by atoms with Crippen molar-refractivity contribution in [3.8, 4) is 0 Å². The van der Waals surface area contributed by atoms with E-state index in [1.54, 1.807) is 36.4 Å². The summed E-state index contributed by atoms with van der Waals surface area (Å²) in [6, 6.07) is 14.8. The quantitative estimate of drug-likeness (QED) is 0.545. The summed E-state index contributed by atoms with van der Waals surface area (Å²) in [6.45, 7) is 1.62. The molecule has 3 aliphatic rings. The second kappa shape index (κ2) is 8.93. The Bertz CT molecular complexity index is 1140. The third kappa shape index (κ3) is 3.71. The highest BCUT2D eigenvalue weighted by atomic mass is 35.5. The lowest BCUT2D eigenvalue weighted by Crippen LogP contribution is -2.53. The molecular weight excluding hydrogens is 470 g/mol. The molecule has 2 aromatic rings. The van der Waals surface area contributed by atoms with Gasteiger partial charge in [-0.2, -0.15) is 0 Å². The fourth-order valence-corrected chi connectivity index (χ4v) is 6.38. The van der Waals surface area contributed by atoms with Gasteiger partial charge in [0, 0.05) is 22.9 Å². The number of nitrogens with one attached hydrogen (secondary N) is 2. The van der Waals surface area contributed by atoms with E-state index in [2.05, 4.69) is 10.6 Å². The van der Waals surface area contributed by atoms with Crippen LogP contribution in [0.2, 0.25) is 5.02 Å². The molecule has 3 fully saturated rings. The molecule has 2 unspecified atom stereocenters. The van der Waals surface area contributed by atoms with Crippen LogP contribution in [-0.4, -0.2) is 58.1 Å². The third-order valence-corrected chi connectivity index (χ3v) is 7.96. The standard InChI is InChI=1S/C26H28ClN3O5/c1-2-25-12-13-26(35-25)20(19(25)22(32)28-17-6-4-3-5-7-17)24(34)30(14-15-31)21(26)23(33)29-18-10-8-16(27)9-11-18/h3-11,19-21,31H,2,12-15H2,1H3,(H,28,32)(H,29,33)/t19-,20-,21?,25+,26?/m0/s1. The van der Waals surface area contributed by atoms with Crippen molar-refractivity contribution in [3.63, 3.8) is 0 Å². The molecule has 0 aromatic heterocycles. The van der Waals surface area contributed by atoms with Crippen LogP contribution in [0.4, 0.5) is 11.4 Å². The average Bonchev–Trinajstić information content (AvgIpc) is 3.45. The van der Waals surface area contributed by atoms with Crippen LogP contribution in [0.25, 0.3) is 0 Å². The van der Waals surface area contributed by atoms with Crippen molar-refractivity contribution in [1.82, 2.24) is 4.90 Å². The van der Waals surface area contributed by atoms with Crippen molar-refractivity contribution >= 4 is 40.7 Å². The van der Waals surface area contributed by atoms with E-state index >= 15 is 0 Å². The molecular formula is C26H28ClN3O5. The van der Waals surface area contributed by atoms with Crippen LogP contribution in [0.3, 0.4) is 0 Å². The van der Waals surface area contributed by atoms with Crippen LogP contribution in [0.1, 0.15) is 26.2 Å². The van der Waals surface area contributed by atoms with E-state index in [0.717, 1.165) is 0 Å². The number of likely N-dealkylation sites (tertiary alicyclic amines) is 1. The van der Waals surface area contributed by atoms with Gasteiger partial charge >= 0.3 is 0 Å². The number of carbonyl (C=O) groups excluding carboxylic acids is 3. The molecule has 5 rings (SSSR count). The zero-order valence-electron chi connectivity index (χ0n) is 19.4. The van der Waals surface area contributed by atoms with Gasteiger partial charge < -0.3 is 25.4 Å². The SMILES string of the molecule is CC[C@]12CCC3(O1)C(C(=O)Nc1ccc(Cl)cc1)N(CCO)C(=O)[C@@H]3[C@H]2C(=O)Nc1ccccc1. The fourth-order valence-electron chi connectivity index (χ4n) is 6.25. The number of rotatable bonds is 7. The smallest absolute Gasteiger partial charge is 0.250 e. The number of aliphatic hydroxyl groups is 1. The first-order valence-corrected chi connectivity index (χ1v) is 12.3. The zero-order chi connectivity index (χ0) is 24.8. The Hall–Kier alpha value is -2.94. The number of halogens is 1. The molecule has 9 heteroatoms. The minimum absolute atomic E-state index is 0.0225. The topological polar surface area (TPSA) is 108 Å². The van der Waals surface area contributed by atoms with E-state index in [9.17, 15) is 19.5 Å². The van der Waals surface area contributed by atoms with Crippen LogP contribution < -0.4 is 10.6 Å². The third-order valence-electron chi connectivity index (χ3n) is 7.71. The van der Waals surface area contributed by atoms with Crippen molar-refractivity contribution in [2.24, 2.45) is 11.8 Å². The molecule has 0 aliphatic carbocycles. The van der Waals surface area contributed by atoms with Crippen LogP contribution in [0, 0.1) is 11.8 Å². The lowest BCUT2D eigenvalue weighted by Gasteiger charge is -2.33. The van der Waals surface area contributed by atoms with Gasteiger partial charge in [-0.1, -0.05) is 36.7 Å². The predicted molar refractivity (Wildman–Crippen MR) is 131 cm³/mol. The van der Waals surface area contributed by atoms with Gasteiger partial charge in [-0.15, -0.1) is 0 Å². The summed E-state index contributed by atoms with van der Waals surface area (Å²) in [5.41, 5.74) is -0.803. The Morgan fingerprint density at radius 2 is 1.71 bits per heavy atom. The van der Waals surface area contributed by atoms with E-state index in [4.69, 9.17) is 16.3 Å². The molecule has 184 valence electrons. The molecule has 0 saturated carbocycles. The van der Waals surface area contributed by atoms with Crippen LogP contribution in [0.5, 0.6) is 0 Å². The Kier molecular flexibility index (Phi) is 6.07. The number of nitrogens with zero attached hydrogens (tertiary/aromatic N) is 1. The Labute approximate surface area is 208 Å². The van der Waals surface area contributed by atoms with Crippen LogP contribution in [0.15, 0.2) is 54.6 Å². The molecule has 2 bridgehead atoms. The van der Waals surface area contributed by atoms with Crippen LogP contribution >= 0.6 is 11.6 Å². The van der Waals surface area contributed by atoms with Crippen molar-refractivity contribution in [2.75, 3.05) is 23.8 Å². The summed E-state index contributed by atoms with van der Waals surface area (Å²) >= 11 is 5.97. The molecule has 2 aromatic carbocycles. The van der Waals surface area contributed by atoms with Gasteiger partial charge in [0.2, 0.25) is 17.7 Å². The average molecular weight is 498 g/mol. The van der Waals surface area contributed by atoms with Crippen molar-refractivity contribution in [3.05, 3.63) is 59.6 Å². The normalized spacial score (nSPS) is 30.9. The number of para-hydroxylation sites is 1. The highest BCUT2D eigenvalue weighted by Crippen LogP contribution is 2.64. The number of aliphatic hydroxyl groups excluding tert-OH is 1. The Morgan fingerprint density at radius 1 is 1.06 bits per heavy atom. The number of hydrogen-bond acceptors (Lipinski definition) is 5. The van der Waals surface area contributed by atoms with Crippen molar-refractivity contribution in [1.29, 1.82) is 0 Å². The predicted octanol–water partition coefficient (Wildman–Crippen LogP) is 3.06. The number of β-amino-alcohol motifs (C(OH)–C–C–N with tert-alkyl or cyclic N) is 1. The number of fused-ring (bicyclic) bond motifs is 1. The van der Waals surface area contributed by atoms with Gasteiger partial charge in [0.25, 0.3) is 0 Å². The second-order valence-corrected chi connectivity index (χ2v) is 9.88. The van der Waals surface area contributed by atoms with E-state index in [-0.39, 0.29) is 25.0 Å². The number of hydrogen-bond donors (Lipinski definition) is 3. The van der Waals surface area contributed by atoms with Crippen molar-refractivity contribution < 1.29 is 24.2 Å². The fraction of sp³-hybridized carbons (Fsp3) is 0.423. The maximum absolute atomic E-state index is 13.8. The monoisotopic (exact) mass is 497 g/mol. The molecule has 1 spiro atoms. The van der Waals surface area contributed by atoms with Gasteiger partial charge in [0.15, 0.2) is 0 Å².